The zero-order valence-corrected chi connectivity index (χ0v) is 24.8. The van der Waals surface area contributed by atoms with Crippen molar-refractivity contribution >= 4 is 23.1 Å². The molecule has 1 aliphatic carbocycles. The van der Waals surface area contributed by atoms with Crippen molar-refractivity contribution < 1.29 is 14.3 Å². The standard InChI is InChI=1S/C34H34ClN3O3/c1-20-14-22(19-41-26-10-6-23(35)7-11-26)21(2)27(15-20)31-28(18-36)33(37)38(24-8-12-25(40-5)13-9-24)29-16-34(3,4)17-30(39)32(29)31/h6-15,31H,16-17,19,37H2,1-5H3. The number of anilines is 1. The normalized spacial score (nSPS) is 18.2. The Morgan fingerprint density at radius 1 is 1.05 bits per heavy atom. The van der Waals surface area contributed by atoms with Crippen LogP contribution in [0, 0.1) is 30.6 Å². The van der Waals surface area contributed by atoms with E-state index in [0.29, 0.717) is 52.9 Å². The second kappa shape index (κ2) is 11.0. The number of benzene rings is 3. The van der Waals surface area contributed by atoms with Gasteiger partial charge in [-0.15, -0.1) is 0 Å². The molecular weight excluding hydrogens is 534 g/mol. The smallest absolute Gasteiger partial charge is 0.162 e. The number of ketones is 1. The Balaban J connectivity index is 1.65. The number of halogens is 1. The van der Waals surface area contributed by atoms with E-state index >= 15 is 0 Å². The number of allylic oxidation sites excluding steroid dienone is 3. The number of hydrogen-bond acceptors (Lipinski definition) is 6. The van der Waals surface area contributed by atoms with Crippen LogP contribution in [0.2, 0.25) is 5.02 Å². The van der Waals surface area contributed by atoms with Gasteiger partial charge in [0, 0.05) is 28.4 Å². The first kappa shape index (κ1) is 28.3. The fourth-order valence-electron chi connectivity index (χ4n) is 5.95. The number of Topliss-reactive ketones (excluding diaryl/α,β-unsaturated/α-hetero) is 1. The molecule has 6 nitrogen and oxygen atoms in total. The molecule has 2 aliphatic rings. The first-order valence-electron chi connectivity index (χ1n) is 13.6. The molecule has 0 spiro atoms. The van der Waals surface area contributed by atoms with Crippen LogP contribution in [0.15, 0.2) is 83.3 Å². The first-order valence-corrected chi connectivity index (χ1v) is 14.0. The maximum Gasteiger partial charge on any atom is 0.162 e. The maximum atomic E-state index is 14.0. The van der Waals surface area contributed by atoms with Crippen molar-refractivity contribution in [2.75, 3.05) is 12.0 Å². The van der Waals surface area contributed by atoms with E-state index in [1.807, 2.05) is 55.1 Å². The highest BCUT2D eigenvalue weighted by Crippen LogP contribution is 2.51. The summed E-state index contributed by atoms with van der Waals surface area (Å²) in [6.45, 7) is 8.56. The van der Waals surface area contributed by atoms with E-state index in [4.69, 9.17) is 26.8 Å². The molecule has 7 heteroatoms. The topological polar surface area (TPSA) is 88.6 Å². The Labute approximate surface area is 246 Å². The third-order valence-electron chi connectivity index (χ3n) is 7.93. The number of nitriles is 1. The lowest BCUT2D eigenvalue weighted by atomic mass is 9.68. The van der Waals surface area contributed by atoms with Crippen LogP contribution in [-0.2, 0) is 11.4 Å². The highest BCUT2D eigenvalue weighted by molar-refractivity contribution is 6.30. The molecule has 0 saturated carbocycles. The third kappa shape index (κ3) is 5.42. The van der Waals surface area contributed by atoms with Crippen molar-refractivity contribution in [1.29, 1.82) is 5.26 Å². The minimum absolute atomic E-state index is 0.0416. The average molecular weight is 568 g/mol. The number of nitrogens with zero attached hydrogens (tertiary/aromatic N) is 2. The van der Waals surface area contributed by atoms with Crippen molar-refractivity contribution in [3.8, 4) is 17.6 Å². The van der Waals surface area contributed by atoms with Crippen molar-refractivity contribution in [3.63, 3.8) is 0 Å². The molecule has 5 rings (SSSR count). The highest BCUT2D eigenvalue weighted by atomic mass is 35.5. The van der Waals surface area contributed by atoms with Gasteiger partial charge in [-0.3, -0.25) is 9.69 Å². The summed E-state index contributed by atoms with van der Waals surface area (Å²) in [6, 6.07) is 21.3. The van der Waals surface area contributed by atoms with Gasteiger partial charge in [0.2, 0.25) is 0 Å². The molecule has 0 saturated heterocycles. The molecule has 3 aromatic carbocycles. The van der Waals surface area contributed by atoms with E-state index in [1.54, 1.807) is 19.2 Å². The number of methoxy groups -OCH3 is 1. The lowest BCUT2D eigenvalue weighted by molar-refractivity contribution is -0.118. The lowest BCUT2D eigenvalue weighted by Crippen LogP contribution is -2.42. The van der Waals surface area contributed by atoms with Crippen LogP contribution in [0.25, 0.3) is 0 Å². The predicted molar refractivity (Wildman–Crippen MR) is 162 cm³/mol. The number of carbonyl (C=O) groups is 1. The molecule has 2 N–H and O–H groups in total. The molecule has 41 heavy (non-hydrogen) atoms. The van der Waals surface area contributed by atoms with Gasteiger partial charge in [0.15, 0.2) is 5.78 Å². The molecule has 0 amide bonds. The summed E-state index contributed by atoms with van der Waals surface area (Å²) < 4.78 is 11.4. The summed E-state index contributed by atoms with van der Waals surface area (Å²) in [7, 11) is 1.62. The third-order valence-corrected chi connectivity index (χ3v) is 8.18. The summed E-state index contributed by atoms with van der Waals surface area (Å²) in [5, 5.41) is 11.2. The number of aryl methyl sites for hydroxylation is 1. The minimum Gasteiger partial charge on any atom is -0.497 e. The second-order valence-electron chi connectivity index (χ2n) is 11.6. The Morgan fingerprint density at radius 2 is 1.71 bits per heavy atom. The molecule has 0 aromatic heterocycles. The van der Waals surface area contributed by atoms with Crippen LogP contribution in [-0.4, -0.2) is 12.9 Å². The second-order valence-corrected chi connectivity index (χ2v) is 12.0. The fraction of sp³-hybridized carbons (Fsp3) is 0.294. The molecule has 1 unspecified atom stereocenters. The molecular formula is C34H34ClN3O3. The number of nitrogens with two attached hydrogens (primary N) is 1. The van der Waals surface area contributed by atoms with E-state index in [-0.39, 0.29) is 11.2 Å². The van der Waals surface area contributed by atoms with Gasteiger partial charge in [0.1, 0.15) is 23.9 Å². The predicted octanol–water partition coefficient (Wildman–Crippen LogP) is 7.49. The molecule has 0 radical (unpaired) electrons. The van der Waals surface area contributed by atoms with Gasteiger partial charge in [0.25, 0.3) is 0 Å². The van der Waals surface area contributed by atoms with Crippen LogP contribution in [0.1, 0.15) is 54.9 Å². The number of ether oxygens (including phenoxy) is 2. The van der Waals surface area contributed by atoms with Crippen molar-refractivity contribution in [1.82, 2.24) is 0 Å². The lowest BCUT2D eigenvalue weighted by Gasteiger charge is -2.44. The molecule has 1 heterocycles. The number of hydrogen-bond donors (Lipinski definition) is 1. The van der Waals surface area contributed by atoms with Crippen LogP contribution in [0.3, 0.4) is 0 Å². The molecule has 210 valence electrons. The molecule has 3 aromatic rings. The van der Waals surface area contributed by atoms with Gasteiger partial charge in [0.05, 0.1) is 24.7 Å². The monoisotopic (exact) mass is 567 g/mol. The van der Waals surface area contributed by atoms with Gasteiger partial charge in [-0.25, -0.2) is 0 Å². The SMILES string of the molecule is COc1ccc(N2C(N)=C(C#N)C(c3cc(C)cc(COc4ccc(Cl)cc4)c3C)C3=C2CC(C)(C)CC3=O)cc1. The zero-order valence-electron chi connectivity index (χ0n) is 24.0. The van der Waals surface area contributed by atoms with Gasteiger partial charge >= 0.3 is 0 Å². The van der Waals surface area contributed by atoms with Crippen molar-refractivity contribution in [2.45, 2.75) is 53.1 Å². The van der Waals surface area contributed by atoms with E-state index in [1.165, 1.54) is 0 Å². The van der Waals surface area contributed by atoms with Gasteiger partial charge in [-0.2, -0.15) is 5.26 Å². The molecule has 0 bridgehead atoms. The Morgan fingerprint density at radius 3 is 2.34 bits per heavy atom. The summed E-state index contributed by atoms with van der Waals surface area (Å²) in [5.74, 6) is 1.24. The van der Waals surface area contributed by atoms with E-state index < -0.39 is 5.92 Å². The van der Waals surface area contributed by atoms with Crippen LogP contribution < -0.4 is 20.1 Å². The molecule has 0 fully saturated rings. The summed E-state index contributed by atoms with van der Waals surface area (Å²) in [4.78, 5) is 15.9. The Bertz CT molecular complexity index is 1610. The zero-order chi connectivity index (χ0) is 29.5. The van der Waals surface area contributed by atoms with Crippen molar-refractivity contribution in [3.05, 3.63) is 111 Å². The Kier molecular flexibility index (Phi) is 7.59. The molecule has 1 aliphatic heterocycles. The van der Waals surface area contributed by atoms with Crippen LogP contribution in [0.5, 0.6) is 11.5 Å². The molecule has 1 atom stereocenters. The summed E-state index contributed by atoms with van der Waals surface area (Å²) in [5.41, 5.74) is 13.1. The number of rotatable bonds is 6. The van der Waals surface area contributed by atoms with Gasteiger partial charge < -0.3 is 15.2 Å². The average Bonchev–Trinajstić information content (AvgIpc) is 2.93. The summed E-state index contributed by atoms with van der Waals surface area (Å²) in [6.07, 6.45) is 1.04. The van der Waals surface area contributed by atoms with Crippen LogP contribution in [0.4, 0.5) is 5.69 Å². The highest BCUT2D eigenvalue weighted by Gasteiger charge is 2.45. The maximum absolute atomic E-state index is 14.0. The van der Waals surface area contributed by atoms with E-state index in [9.17, 15) is 10.1 Å². The van der Waals surface area contributed by atoms with E-state index in [2.05, 4.69) is 32.0 Å². The first-order chi connectivity index (χ1) is 19.5. The van der Waals surface area contributed by atoms with Crippen molar-refractivity contribution in [2.24, 2.45) is 11.1 Å². The minimum atomic E-state index is -0.567. The Hall–Kier alpha value is -4.21. The largest absolute Gasteiger partial charge is 0.497 e. The van der Waals surface area contributed by atoms with Gasteiger partial charge in [-0.05, 0) is 90.9 Å². The quantitative estimate of drug-likeness (QED) is 0.332. The summed E-state index contributed by atoms with van der Waals surface area (Å²) >= 11 is 6.03. The fourth-order valence-corrected chi connectivity index (χ4v) is 6.08. The van der Waals surface area contributed by atoms with Crippen LogP contribution >= 0.6 is 11.6 Å². The number of carbonyl (C=O) groups excluding carboxylic acids is 1. The van der Waals surface area contributed by atoms with Gasteiger partial charge in [-0.1, -0.05) is 43.1 Å². The van der Waals surface area contributed by atoms with E-state index in [0.717, 1.165) is 33.6 Å².